The van der Waals surface area contributed by atoms with Gasteiger partial charge in [0.1, 0.15) is 0 Å². The monoisotopic (exact) mass is 355 g/mol. The predicted molar refractivity (Wildman–Crippen MR) is 93.9 cm³/mol. The molecule has 3 rings (SSSR count). The molecule has 1 aromatic rings. The van der Waals surface area contributed by atoms with E-state index in [2.05, 4.69) is 21.7 Å². The highest BCUT2D eigenvalue weighted by atomic mass is 35.5. The molecule has 0 bridgehead atoms. The zero-order chi connectivity index (χ0) is 16.5. The van der Waals surface area contributed by atoms with Crippen molar-refractivity contribution in [2.45, 2.75) is 30.7 Å². The van der Waals surface area contributed by atoms with E-state index in [-0.39, 0.29) is 23.0 Å². The van der Waals surface area contributed by atoms with Gasteiger partial charge in [-0.3, -0.25) is 4.99 Å². The summed E-state index contributed by atoms with van der Waals surface area (Å²) in [5, 5.41) is 7.32. The van der Waals surface area contributed by atoms with Crippen LogP contribution in [0.25, 0.3) is 0 Å². The van der Waals surface area contributed by atoms with Crippen LogP contribution in [0, 0.1) is 0 Å². The van der Waals surface area contributed by atoms with E-state index in [0.29, 0.717) is 12.4 Å². The average Bonchev–Trinajstić information content (AvgIpc) is 3.22. The first-order valence-corrected chi connectivity index (χ1v) is 10.1. The fraction of sp³-hybridized carbons (Fsp3) is 0.562. The van der Waals surface area contributed by atoms with Gasteiger partial charge in [0, 0.05) is 30.1 Å². The minimum atomic E-state index is -2.89. The number of halogens is 1. The zero-order valence-corrected chi connectivity index (χ0v) is 14.8. The number of nitrogens with zero attached hydrogens (tertiary/aromatic N) is 1. The van der Waals surface area contributed by atoms with Crippen LogP contribution in [0.1, 0.15) is 24.8 Å². The number of guanidine groups is 1. The van der Waals surface area contributed by atoms with Crippen LogP contribution in [0.3, 0.4) is 0 Å². The number of aliphatic imine (C=N–C) groups is 1. The lowest BCUT2D eigenvalue weighted by Crippen LogP contribution is -2.46. The Morgan fingerprint density at radius 3 is 2.78 bits per heavy atom. The summed E-state index contributed by atoms with van der Waals surface area (Å²) in [5.41, 5.74) is 1.36. The summed E-state index contributed by atoms with van der Waals surface area (Å²) < 4.78 is 23.1. The highest BCUT2D eigenvalue weighted by Crippen LogP contribution is 2.48. The van der Waals surface area contributed by atoms with Gasteiger partial charge >= 0.3 is 0 Å². The standard InChI is InChI=1S/C16H22ClN3O2S/c1-18-15(20-14-5-8-23(21,22)10-14)19-11-16(6-7-16)12-3-2-4-13(17)9-12/h2-4,9,14H,5-8,10-11H2,1H3,(H2,18,19,20). The molecule has 2 N–H and O–H groups in total. The van der Waals surface area contributed by atoms with Gasteiger partial charge in [0.2, 0.25) is 0 Å². The molecule has 0 radical (unpaired) electrons. The topological polar surface area (TPSA) is 70.6 Å². The van der Waals surface area contributed by atoms with E-state index in [0.717, 1.165) is 24.4 Å². The number of benzene rings is 1. The van der Waals surface area contributed by atoms with Gasteiger partial charge in [-0.1, -0.05) is 23.7 Å². The number of nitrogens with one attached hydrogen (secondary N) is 2. The second-order valence-electron chi connectivity index (χ2n) is 6.46. The van der Waals surface area contributed by atoms with Gasteiger partial charge in [0.15, 0.2) is 15.8 Å². The summed E-state index contributed by atoms with van der Waals surface area (Å²) in [7, 11) is -1.18. The molecule has 23 heavy (non-hydrogen) atoms. The van der Waals surface area contributed by atoms with Gasteiger partial charge in [-0.15, -0.1) is 0 Å². The molecule has 1 saturated heterocycles. The molecule has 1 aliphatic heterocycles. The Hall–Kier alpha value is -1.27. The lowest BCUT2D eigenvalue weighted by molar-refractivity contribution is 0.597. The summed E-state index contributed by atoms with van der Waals surface area (Å²) in [5.74, 6) is 1.11. The van der Waals surface area contributed by atoms with Crippen molar-refractivity contribution >= 4 is 27.4 Å². The molecule has 1 aliphatic carbocycles. The lowest BCUT2D eigenvalue weighted by atomic mass is 9.96. The molecule has 0 spiro atoms. The molecule has 7 heteroatoms. The van der Waals surface area contributed by atoms with E-state index >= 15 is 0 Å². The Balaban J connectivity index is 1.58. The summed E-state index contributed by atoms with van der Waals surface area (Å²) in [4.78, 5) is 4.21. The van der Waals surface area contributed by atoms with Gasteiger partial charge in [0.25, 0.3) is 0 Å². The van der Waals surface area contributed by atoms with Crippen molar-refractivity contribution in [3.8, 4) is 0 Å². The van der Waals surface area contributed by atoms with Crippen LogP contribution in [0.5, 0.6) is 0 Å². The third-order valence-corrected chi connectivity index (χ3v) is 6.68. The SMILES string of the molecule is CN=C(NCC1(c2cccc(Cl)c2)CC1)NC1CCS(=O)(=O)C1. The highest BCUT2D eigenvalue weighted by Gasteiger charge is 2.44. The van der Waals surface area contributed by atoms with E-state index in [1.165, 1.54) is 5.56 Å². The summed E-state index contributed by atoms with van der Waals surface area (Å²) in [6.07, 6.45) is 2.88. The first-order valence-electron chi connectivity index (χ1n) is 7.86. The second-order valence-corrected chi connectivity index (χ2v) is 9.13. The summed E-state index contributed by atoms with van der Waals surface area (Å²) in [6, 6.07) is 7.95. The molecule has 2 aliphatic rings. The second kappa shape index (κ2) is 6.32. The Morgan fingerprint density at radius 2 is 2.22 bits per heavy atom. The summed E-state index contributed by atoms with van der Waals surface area (Å²) in [6.45, 7) is 0.770. The maximum absolute atomic E-state index is 11.5. The minimum absolute atomic E-state index is 0.0486. The fourth-order valence-electron chi connectivity index (χ4n) is 3.09. The summed E-state index contributed by atoms with van der Waals surface area (Å²) >= 11 is 6.10. The fourth-order valence-corrected chi connectivity index (χ4v) is 4.95. The maximum atomic E-state index is 11.5. The number of rotatable bonds is 4. The molecule has 126 valence electrons. The quantitative estimate of drug-likeness (QED) is 0.637. The third-order valence-electron chi connectivity index (χ3n) is 4.68. The van der Waals surface area contributed by atoms with E-state index in [4.69, 9.17) is 11.6 Å². The largest absolute Gasteiger partial charge is 0.356 e. The van der Waals surface area contributed by atoms with Crippen molar-refractivity contribution in [1.29, 1.82) is 0 Å². The smallest absolute Gasteiger partial charge is 0.191 e. The third kappa shape index (κ3) is 3.98. The van der Waals surface area contributed by atoms with Crippen molar-refractivity contribution in [2.75, 3.05) is 25.1 Å². The van der Waals surface area contributed by atoms with E-state index in [9.17, 15) is 8.42 Å². The average molecular weight is 356 g/mol. The molecule has 1 aromatic carbocycles. The van der Waals surface area contributed by atoms with Crippen LogP contribution in [0.2, 0.25) is 5.02 Å². The first kappa shape index (κ1) is 16.6. The number of hydrogen-bond donors (Lipinski definition) is 2. The molecule has 2 fully saturated rings. The normalized spacial score (nSPS) is 25.1. The molecule has 5 nitrogen and oxygen atoms in total. The van der Waals surface area contributed by atoms with E-state index in [1.54, 1.807) is 7.05 Å². The van der Waals surface area contributed by atoms with Gasteiger partial charge in [-0.25, -0.2) is 8.42 Å². The molecular formula is C16H22ClN3O2S. The van der Waals surface area contributed by atoms with Gasteiger partial charge in [0.05, 0.1) is 11.5 Å². The van der Waals surface area contributed by atoms with Crippen molar-refractivity contribution in [1.82, 2.24) is 10.6 Å². The zero-order valence-electron chi connectivity index (χ0n) is 13.2. The molecular weight excluding hydrogens is 334 g/mol. The molecule has 0 amide bonds. The van der Waals surface area contributed by atoms with Crippen LogP contribution in [0.15, 0.2) is 29.3 Å². The number of sulfone groups is 1. The van der Waals surface area contributed by atoms with Crippen molar-refractivity contribution in [2.24, 2.45) is 4.99 Å². The minimum Gasteiger partial charge on any atom is -0.356 e. The Kier molecular flexibility index (Phi) is 4.56. The highest BCUT2D eigenvalue weighted by molar-refractivity contribution is 7.91. The first-order chi connectivity index (χ1) is 10.9. The van der Waals surface area contributed by atoms with Crippen LogP contribution < -0.4 is 10.6 Å². The molecule has 1 unspecified atom stereocenters. The van der Waals surface area contributed by atoms with Crippen molar-refractivity contribution in [3.05, 3.63) is 34.9 Å². The molecule has 1 saturated carbocycles. The molecule has 1 heterocycles. The van der Waals surface area contributed by atoms with Gasteiger partial charge < -0.3 is 10.6 Å². The lowest BCUT2D eigenvalue weighted by Gasteiger charge is -2.21. The Morgan fingerprint density at radius 1 is 1.43 bits per heavy atom. The molecule has 1 atom stereocenters. The Labute approximate surface area is 142 Å². The molecule has 0 aromatic heterocycles. The van der Waals surface area contributed by atoms with Gasteiger partial charge in [-0.05, 0) is 37.0 Å². The Bertz CT molecular complexity index is 714. The van der Waals surface area contributed by atoms with Crippen molar-refractivity contribution < 1.29 is 8.42 Å². The van der Waals surface area contributed by atoms with Crippen LogP contribution in [0.4, 0.5) is 0 Å². The van der Waals surface area contributed by atoms with Crippen LogP contribution in [-0.2, 0) is 15.3 Å². The van der Waals surface area contributed by atoms with E-state index < -0.39 is 9.84 Å². The maximum Gasteiger partial charge on any atom is 0.191 e. The van der Waals surface area contributed by atoms with Gasteiger partial charge in [-0.2, -0.15) is 0 Å². The van der Waals surface area contributed by atoms with E-state index in [1.807, 2.05) is 18.2 Å². The number of hydrogen-bond acceptors (Lipinski definition) is 3. The van der Waals surface area contributed by atoms with Crippen molar-refractivity contribution in [3.63, 3.8) is 0 Å². The van der Waals surface area contributed by atoms with Crippen LogP contribution >= 0.6 is 11.6 Å². The predicted octanol–water partition coefficient (Wildman–Crippen LogP) is 1.72. The van der Waals surface area contributed by atoms with Crippen LogP contribution in [-0.4, -0.2) is 45.5 Å².